The monoisotopic (exact) mass is 235 g/mol. The number of imidazole rings is 1. The number of carbonyl (C=O) groups excluding carboxylic acids is 2. The molecule has 1 saturated heterocycles. The lowest BCUT2D eigenvalue weighted by Gasteiger charge is -2.27. The number of carbonyl (C=O) groups is 2. The Morgan fingerprint density at radius 3 is 3.00 bits per heavy atom. The predicted molar refractivity (Wildman–Crippen MR) is 62.2 cm³/mol. The third kappa shape index (κ3) is 2.23. The van der Waals surface area contributed by atoms with Crippen molar-refractivity contribution in [3.63, 3.8) is 0 Å². The summed E-state index contributed by atoms with van der Waals surface area (Å²) in [6.45, 7) is 4.82. The second kappa shape index (κ2) is 4.69. The van der Waals surface area contributed by atoms with Crippen LogP contribution in [0.15, 0.2) is 12.5 Å². The maximum Gasteiger partial charge on any atom is 0.230 e. The van der Waals surface area contributed by atoms with E-state index >= 15 is 0 Å². The van der Waals surface area contributed by atoms with E-state index in [2.05, 4.69) is 17.2 Å². The molecule has 0 bridgehead atoms. The Balaban J connectivity index is 2.27. The lowest BCUT2D eigenvalue weighted by Crippen LogP contribution is -2.44. The highest BCUT2D eigenvalue weighted by Gasteiger charge is 2.35. The molecule has 92 valence electrons. The van der Waals surface area contributed by atoms with Gasteiger partial charge in [-0.2, -0.15) is 0 Å². The van der Waals surface area contributed by atoms with Crippen molar-refractivity contribution < 1.29 is 9.59 Å². The van der Waals surface area contributed by atoms with Crippen LogP contribution in [0.5, 0.6) is 0 Å². The number of aryl methyl sites for hydroxylation is 1. The molecule has 1 aliphatic rings. The molecule has 1 aromatic heterocycles. The maximum atomic E-state index is 11.6. The van der Waals surface area contributed by atoms with Crippen molar-refractivity contribution in [1.82, 2.24) is 14.9 Å². The van der Waals surface area contributed by atoms with Crippen LogP contribution in [0.2, 0.25) is 0 Å². The average molecular weight is 235 g/mol. The normalized spacial score (nSPS) is 24.8. The van der Waals surface area contributed by atoms with E-state index in [4.69, 9.17) is 0 Å². The van der Waals surface area contributed by atoms with Crippen molar-refractivity contribution in [2.45, 2.75) is 39.2 Å². The number of rotatable bonds is 3. The van der Waals surface area contributed by atoms with Gasteiger partial charge in [-0.1, -0.05) is 13.8 Å². The highest BCUT2D eigenvalue weighted by atomic mass is 16.2. The zero-order valence-corrected chi connectivity index (χ0v) is 10.1. The summed E-state index contributed by atoms with van der Waals surface area (Å²) >= 11 is 0. The van der Waals surface area contributed by atoms with Gasteiger partial charge >= 0.3 is 0 Å². The molecule has 0 spiro atoms. The molecular formula is C12H17N3O2. The minimum atomic E-state index is -0.192. The molecule has 2 rings (SSSR count). The number of imide groups is 1. The smallest absolute Gasteiger partial charge is 0.230 e. The summed E-state index contributed by atoms with van der Waals surface area (Å²) in [5.74, 6) is -0.608. The average Bonchev–Trinajstić information content (AvgIpc) is 2.72. The van der Waals surface area contributed by atoms with Crippen LogP contribution in [0.4, 0.5) is 0 Å². The molecule has 0 radical (unpaired) electrons. The van der Waals surface area contributed by atoms with Crippen LogP contribution < -0.4 is 5.32 Å². The Bertz CT molecular complexity index is 439. The Labute approximate surface area is 100 Å². The molecule has 1 aromatic rings. The summed E-state index contributed by atoms with van der Waals surface area (Å²) in [5, 5.41) is 2.36. The molecule has 0 aromatic carbocycles. The van der Waals surface area contributed by atoms with Gasteiger partial charge in [0.2, 0.25) is 11.8 Å². The van der Waals surface area contributed by atoms with Crippen molar-refractivity contribution in [2.75, 3.05) is 0 Å². The topological polar surface area (TPSA) is 64.0 Å². The first-order valence-corrected chi connectivity index (χ1v) is 5.97. The fraction of sp³-hybridized carbons (Fsp3) is 0.583. The third-order valence-electron chi connectivity index (χ3n) is 3.27. The first-order chi connectivity index (χ1) is 8.13. The largest absolute Gasteiger partial charge is 0.334 e. The number of nitrogens with zero attached hydrogens (tertiary/aromatic N) is 2. The van der Waals surface area contributed by atoms with Gasteiger partial charge in [0.25, 0.3) is 0 Å². The molecule has 2 amide bonds. The fourth-order valence-corrected chi connectivity index (χ4v) is 2.29. The van der Waals surface area contributed by atoms with Gasteiger partial charge in [0.1, 0.15) is 0 Å². The van der Waals surface area contributed by atoms with Crippen molar-refractivity contribution >= 4 is 11.8 Å². The maximum absolute atomic E-state index is 11.6. The molecular weight excluding hydrogens is 218 g/mol. The van der Waals surface area contributed by atoms with Gasteiger partial charge in [-0.15, -0.1) is 0 Å². The van der Waals surface area contributed by atoms with E-state index in [-0.39, 0.29) is 23.7 Å². The van der Waals surface area contributed by atoms with E-state index in [1.807, 2.05) is 11.5 Å². The van der Waals surface area contributed by atoms with E-state index in [0.29, 0.717) is 6.42 Å². The van der Waals surface area contributed by atoms with Crippen LogP contribution in [-0.4, -0.2) is 21.4 Å². The third-order valence-corrected chi connectivity index (χ3v) is 3.27. The van der Waals surface area contributed by atoms with Gasteiger partial charge in [-0.25, -0.2) is 4.98 Å². The summed E-state index contributed by atoms with van der Waals surface area (Å²) in [6, 6.07) is 0. The highest BCUT2D eigenvalue weighted by Crippen LogP contribution is 2.30. The zero-order chi connectivity index (χ0) is 12.4. The van der Waals surface area contributed by atoms with Gasteiger partial charge in [0.15, 0.2) is 0 Å². The van der Waals surface area contributed by atoms with Gasteiger partial charge in [-0.3, -0.25) is 14.9 Å². The van der Waals surface area contributed by atoms with Crippen molar-refractivity contribution in [3.05, 3.63) is 18.2 Å². The Kier molecular flexibility index (Phi) is 3.26. The van der Waals surface area contributed by atoms with E-state index in [1.54, 1.807) is 12.5 Å². The van der Waals surface area contributed by atoms with Gasteiger partial charge in [0, 0.05) is 36.7 Å². The SMILES string of the molecule is CCCn1cncc1C1CC(=O)NC(=O)C1C. The van der Waals surface area contributed by atoms with E-state index < -0.39 is 0 Å². The fourth-order valence-electron chi connectivity index (χ4n) is 2.29. The van der Waals surface area contributed by atoms with E-state index in [1.165, 1.54) is 0 Å². The summed E-state index contributed by atoms with van der Waals surface area (Å²) in [6.07, 6.45) is 4.90. The van der Waals surface area contributed by atoms with E-state index in [0.717, 1.165) is 18.7 Å². The number of hydrogen-bond donors (Lipinski definition) is 1. The van der Waals surface area contributed by atoms with Crippen LogP contribution in [0.25, 0.3) is 0 Å². The lowest BCUT2D eigenvalue weighted by molar-refractivity contribution is -0.136. The summed E-state index contributed by atoms with van der Waals surface area (Å²) in [5.41, 5.74) is 0.988. The number of amides is 2. The molecule has 1 N–H and O–H groups in total. The van der Waals surface area contributed by atoms with Crippen LogP contribution in [0, 0.1) is 5.92 Å². The number of piperidine rings is 1. The van der Waals surface area contributed by atoms with Crippen molar-refractivity contribution in [1.29, 1.82) is 0 Å². The number of aromatic nitrogens is 2. The van der Waals surface area contributed by atoms with Gasteiger partial charge in [-0.05, 0) is 6.42 Å². The Morgan fingerprint density at radius 1 is 1.53 bits per heavy atom. The van der Waals surface area contributed by atoms with Crippen molar-refractivity contribution in [3.8, 4) is 0 Å². The second-order valence-corrected chi connectivity index (χ2v) is 4.52. The van der Waals surface area contributed by atoms with Crippen LogP contribution >= 0.6 is 0 Å². The molecule has 2 atom stereocenters. The molecule has 5 nitrogen and oxygen atoms in total. The minimum absolute atomic E-state index is 0.0506. The van der Waals surface area contributed by atoms with Crippen molar-refractivity contribution in [2.24, 2.45) is 5.92 Å². The van der Waals surface area contributed by atoms with Gasteiger partial charge in [0.05, 0.1) is 6.33 Å². The predicted octanol–water partition coefficient (Wildman–Crippen LogP) is 1.06. The second-order valence-electron chi connectivity index (χ2n) is 4.52. The molecule has 1 fully saturated rings. The van der Waals surface area contributed by atoms with Crippen LogP contribution in [-0.2, 0) is 16.1 Å². The standard InChI is InChI=1S/C12H17N3O2/c1-3-4-15-7-13-6-10(15)9-5-11(16)14-12(17)8(9)2/h6-9H,3-5H2,1-2H3,(H,14,16,17). The molecule has 5 heteroatoms. The van der Waals surface area contributed by atoms with Crippen LogP contribution in [0.1, 0.15) is 38.3 Å². The number of hydrogen-bond acceptors (Lipinski definition) is 3. The first kappa shape index (κ1) is 11.8. The summed E-state index contributed by atoms with van der Waals surface area (Å²) < 4.78 is 2.03. The molecule has 1 aliphatic heterocycles. The first-order valence-electron chi connectivity index (χ1n) is 5.97. The Hall–Kier alpha value is -1.65. The molecule has 0 aliphatic carbocycles. The highest BCUT2D eigenvalue weighted by molar-refractivity contribution is 5.99. The lowest BCUT2D eigenvalue weighted by atomic mass is 9.84. The molecule has 17 heavy (non-hydrogen) atoms. The Morgan fingerprint density at radius 2 is 2.29 bits per heavy atom. The number of nitrogens with one attached hydrogen (secondary N) is 1. The molecule has 2 heterocycles. The summed E-state index contributed by atoms with van der Waals surface area (Å²) in [4.78, 5) is 27.2. The summed E-state index contributed by atoms with van der Waals surface area (Å²) in [7, 11) is 0. The van der Waals surface area contributed by atoms with Gasteiger partial charge < -0.3 is 4.57 Å². The van der Waals surface area contributed by atoms with E-state index in [9.17, 15) is 9.59 Å². The van der Waals surface area contributed by atoms with Crippen LogP contribution in [0.3, 0.4) is 0 Å². The zero-order valence-electron chi connectivity index (χ0n) is 10.1. The quantitative estimate of drug-likeness (QED) is 0.797. The molecule has 2 unspecified atom stereocenters. The molecule has 0 saturated carbocycles. The minimum Gasteiger partial charge on any atom is -0.334 e.